The van der Waals surface area contributed by atoms with Crippen LogP contribution in [0.25, 0.3) is 0 Å². The highest BCUT2D eigenvalue weighted by Gasteiger charge is 2.16. The maximum absolute atomic E-state index is 12.4. The molecule has 0 aliphatic rings. The molecular weight excluding hydrogens is 270 g/mol. The highest BCUT2D eigenvalue weighted by molar-refractivity contribution is 5.96. The smallest absolute Gasteiger partial charge is 0.307 e. The Hall–Kier alpha value is -2.32. The molecule has 1 amide bonds. The van der Waals surface area contributed by atoms with Crippen LogP contribution in [-0.4, -0.2) is 49.2 Å². The summed E-state index contributed by atoms with van der Waals surface area (Å²) in [7, 11) is 2.95. The third-order valence-corrected chi connectivity index (χ3v) is 3.09. The molecule has 0 bridgehead atoms. The standard InChI is InChI=1S/C16H19NO4/c1-12-13(7-5-11-18)6-4-8-14(12)16(20)17(2)10-9-15(19)21-3/h4,6,8,18H,9-11H2,1-3H3. The second-order valence-corrected chi connectivity index (χ2v) is 4.49. The molecule has 0 atom stereocenters. The number of esters is 1. The number of aliphatic hydroxyl groups is 1. The van der Waals surface area contributed by atoms with Gasteiger partial charge in [-0.3, -0.25) is 9.59 Å². The highest BCUT2D eigenvalue weighted by atomic mass is 16.5. The van der Waals surface area contributed by atoms with Gasteiger partial charge in [-0.05, 0) is 24.6 Å². The first kappa shape index (κ1) is 16.7. The van der Waals surface area contributed by atoms with Crippen LogP contribution in [0.3, 0.4) is 0 Å². The van der Waals surface area contributed by atoms with Crippen molar-refractivity contribution in [2.75, 3.05) is 27.3 Å². The maximum atomic E-state index is 12.4. The minimum Gasteiger partial charge on any atom is -0.469 e. The predicted octanol–water partition coefficient (Wildman–Crippen LogP) is 0.974. The first-order valence-corrected chi connectivity index (χ1v) is 6.53. The van der Waals surface area contributed by atoms with Crippen LogP contribution >= 0.6 is 0 Å². The van der Waals surface area contributed by atoms with Gasteiger partial charge in [-0.1, -0.05) is 17.9 Å². The van der Waals surface area contributed by atoms with E-state index in [2.05, 4.69) is 16.6 Å². The zero-order valence-corrected chi connectivity index (χ0v) is 12.5. The molecule has 0 radical (unpaired) electrons. The summed E-state index contributed by atoms with van der Waals surface area (Å²) in [5.41, 5.74) is 2.00. The molecule has 0 aliphatic heterocycles. The summed E-state index contributed by atoms with van der Waals surface area (Å²) in [6.07, 6.45) is 0.155. The second-order valence-electron chi connectivity index (χ2n) is 4.49. The van der Waals surface area contributed by atoms with E-state index >= 15 is 0 Å². The maximum Gasteiger partial charge on any atom is 0.307 e. The van der Waals surface area contributed by atoms with E-state index in [4.69, 9.17) is 5.11 Å². The van der Waals surface area contributed by atoms with Crippen LogP contribution in [0.1, 0.15) is 27.9 Å². The van der Waals surface area contributed by atoms with E-state index in [1.807, 2.05) is 6.92 Å². The molecule has 0 aliphatic carbocycles. The summed E-state index contributed by atoms with van der Waals surface area (Å²) in [5.74, 6) is 4.85. The van der Waals surface area contributed by atoms with Crippen molar-refractivity contribution in [2.45, 2.75) is 13.3 Å². The number of aliphatic hydroxyl groups excluding tert-OH is 1. The molecule has 5 heteroatoms. The normalized spacial score (nSPS) is 9.52. The van der Waals surface area contributed by atoms with E-state index in [-0.39, 0.29) is 31.4 Å². The van der Waals surface area contributed by atoms with Crippen molar-refractivity contribution in [3.05, 3.63) is 34.9 Å². The van der Waals surface area contributed by atoms with Gasteiger partial charge in [0.2, 0.25) is 0 Å². The number of ether oxygens (including phenoxy) is 1. The predicted molar refractivity (Wildman–Crippen MR) is 78.7 cm³/mol. The van der Waals surface area contributed by atoms with Crippen LogP contribution in [0.15, 0.2) is 18.2 Å². The lowest BCUT2D eigenvalue weighted by atomic mass is 10.0. The summed E-state index contributed by atoms with van der Waals surface area (Å²) in [4.78, 5) is 25.0. The van der Waals surface area contributed by atoms with E-state index in [0.29, 0.717) is 11.1 Å². The average molecular weight is 289 g/mol. The Bertz CT molecular complexity index is 584. The van der Waals surface area contributed by atoms with Crippen molar-refractivity contribution in [3.8, 4) is 11.8 Å². The molecule has 0 fully saturated rings. The molecule has 0 heterocycles. The Balaban J connectivity index is 2.89. The fraction of sp³-hybridized carbons (Fsp3) is 0.375. The number of carbonyl (C=O) groups excluding carboxylic acids is 2. The lowest BCUT2D eigenvalue weighted by Gasteiger charge is -2.18. The van der Waals surface area contributed by atoms with Gasteiger partial charge in [0.1, 0.15) is 6.61 Å². The Morgan fingerprint density at radius 2 is 2.10 bits per heavy atom. The minimum absolute atomic E-state index is 0.155. The zero-order valence-electron chi connectivity index (χ0n) is 12.5. The lowest BCUT2D eigenvalue weighted by molar-refractivity contribution is -0.140. The van der Waals surface area contributed by atoms with Crippen LogP contribution in [-0.2, 0) is 9.53 Å². The number of methoxy groups -OCH3 is 1. The van der Waals surface area contributed by atoms with Gasteiger partial charge in [0, 0.05) is 24.7 Å². The minimum atomic E-state index is -0.353. The average Bonchev–Trinajstić information content (AvgIpc) is 2.50. The van der Waals surface area contributed by atoms with Gasteiger partial charge in [0.15, 0.2) is 0 Å². The summed E-state index contributed by atoms with van der Waals surface area (Å²) < 4.78 is 4.55. The van der Waals surface area contributed by atoms with Crippen LogP contribution in [0, 0.1) is 18.8 Å². The molecule has 1 N–H and O–H groups in total. The van der Waals surface area contributed by atoms with Gasteiger partial charge in [0.25, 0.3) is 5.91 Å². The summed E-state index contributed by atoms with van der Waals surface area (Å²) in [5, 5.41) is 8.74. The summed E-state index contributed by atoms with van der Waals surface area (Å²) in [6, 6.07) is 5.26. The van der Waals surface area contributed by atoms with Gasteiger partial charge in [0.05, 0.1) is 13.5 Å². The van der Waals surface area contributed by atoms with E-state index in [9.17, 15) is 9.59 Å². The monoisotopic (exact) mass is 289 g/mol. The van der Waals surface area contributed by atoms with Crippen molar-refractivity contribution in [3.63, 3.8) is 0 Å². The molecule has 5 nitrogen and oxygen atoms in total. The molecule has 1 aromatic rings. The number of carbonyl (C=O) groups is 2. The highest BCUT2D eigenvalue weighted by Crippen LogP contribution is 2.15. The number of hydrogen-bond acceptors (Lipinski definition) is 4. The molecule has 1 rings (SSSR count). The Labute approximate surface area is 124 Å². The number of nitrogens with zero attached hydrogens (tertiary/aromatic N) is 1. The van der Waals surface area contributed by atoms with Crippen LogP contribution in [0.4, 0.5) is 0 Å². The first-order valence-electron chi connectivity index (χ1n) is 6.53. The third kappa shape index (κ3) is 4.62. The molecule has 0 unspecified atom stereocenters. The van der Waals surface area contributed by atoms with Crippen LogP contribution in [0.2, 0.25) is 0 Å². The van der Waals surface area contributed by atoms with Crippen LogP contribution < -0.4 is 0 Å². The van der Waals surface area contributed by atoms with Gasteiger partial charge in [-0.25, -0.2) is 0 Å². The van der Waals surface area contributed by atoms with Gasteiger partial charge < -0.3 is 14.7 Å². The van der Waals surface area contributed by atoms with Gasteiger partial charge in [-0.15, -0.1) is 0 Å². The molecule has 21 heavy (non-hydrogen) atoms. The van der Waals surface area contributed by atoms with E-state index in [0.717, 1.165) is 5.56 Å². The summed E-state index contributed by atoms with van der Waals surface area (Å²) >= 11 is 0. The Kier molecular flexibility index (Phi) is 6.44. The van der Waals surface area contributed by atoms with E-state index in [1.165, 1.54) is 12.0 Å². The van der Waals surface area contributed by atoms with E-state index in [1.54, 1.807) is 25.2 Å². The number of benzene rings is 1. The number of amides is 1. The molecular formula is C16H19NO4. The molecule has 0 aromatic heterocycles. The summed E-state index contributed by atoms with van der Waals surface area (Å²) in [6.45, 7) is 1.87. The molecule has 1 aromatic carbocycles. The molecule has 112 valence electrons. The zero-order chi connectivity index (χ0) is 15.8. The first-order chi connectivity index (χ1) is 10.0. The van der Waals surface area contributed by atoms with Gasteiger partial charge in [-0.2, -0.15) is 0 Å². The van der Waals surface area contributed by atoms with Crippen molar-refractivity contribution < 1.29 is 19.4 Å². The number of rotatable bonds is 4. The molecule has 0 saturated carbocycles. The SMILES string of the molecule is COC(=O)CCN(C)C(=O)c1cccc(C#CCO)c1C. The molecule has 0 saturated heterocycles. The Morgan fingerprint density at radius 1 is 1.38 bits per heavy atom. The Morgan fingerprint density at radius 3 is 2.71 bits per heavy atom. The second kappa shape index (κ2) is 8.08. The topological polar surface area (TPSA) is 66.8 Å². The number of hydrogen-bond donors (Lipinski definition) is 1. The largest absolute Gasteiger partial charge is 0.469 e. The quantitative estimate of drug-likeness (QED) is 0.662. The van der Waals surface area contributed by atoms with Crippen molar-refractivity contribution in [1.82, 2.24) is 4.90 Å². The van der Waals surface area contributed by atoms with Crippen molar-refractivity contribution >= 4 is 11.9 Å². The van der Waals surface area contributed by atoms with E-state index < -0.39 is 0 Å². The van der Waals surface area contributed by atoms with Crippen molar-refractivity contribution in [1.29, 1.82) is 0 Å². The van der Waals surface area contributed by atoms with Crippen LogP contribution in [0.5, 0.6) is 0 Å². The molecule has 0 spiro atoms. The fourth-order valence-electron chi connectivity index (χ4n) is 1.81. The fourth-order valence-corrected chi connectivity index (χ4v) is 1.81. The lowest BCUT2D eigenvalue weighted by Crippen LogP contribution is -2.30. The van der Waals surface area contributed by atoms with Crippen molar-refractivity contribution in [2.24, 2.45) is 0 Å². The third-order valence-electron chi connectivity index (χ3n) is 3.09. The van der Waals surface area contributed by atoms with Gasteiger partial charge >= 0.3 is 5.97 Å².